The monoisotopic (exact) mass is 627 g/mol. The van der Waals surface area contributed by atoms with Crippen LogP contribution < -0.4 is 14.9 Å². The van der Waals surface area contributed by atoms with Crippen molar-refractivity contribution in [2.75, 3.05) is 7.11 Å². The van der Waals surface area contributed by atoms with Crippen LogP contribution in [0.5, 0.6) is 11.5 Å². The molecule has 5 rings (SSSR count). The Bertz CT molecular complexity index is 1680. The van der Waals surface area contributed by atoms with Crippen molar-refractivity contribution in [3.63, 3.8) is 0 Å². The van der Waals surface area contributed by atoms with E-state index < -0.39 is 0 Å². The quantitative estimate of drug-likeness (QED) is 0.132. The molecule has 1 N–H and O–H groups in total. The Kier molecular flexibility index (Phi) is 8.87. The van der Waals surface area contributed by atoms with Crippen LogP contribution in [0.3, 0.4) is 0 Å². The second kappa shape index (κ2) is 12.9. The van der Waals surface area contributed by atoms with Gasteiger partial charge in [-0.15, -0.1) is 0 Å². The molecule has 0 fully saturated rings. The smallest absolute Gasteiger partial charge is 0.271 e. The number of hydrogen-bond acceptors (Lipinski definition) is 4. The van der Waals surface area contributed by atoms with Crippen LogP contribution in [0.2, 0.25) is 5.02 Å². The Morgan fingerprint density at radius 3 is 2.41 bits per heavy atom. The van der Waals surface area contributed by atoms with Gasteiger partial charge in [-0.1, -0.05) is 54.1 Å². The van der Waals surface area contributed by atoms with Gasteiger partial charge < -0.3 is 14.0 Å². The molecule has 1 aromatic heterocycles. The summed E-state index contributed by atoms with van der Waals surface area (Å²) in [4.78, 5) is 12.8. The number of aryl methyl sites for hydroxylation is 1. The Balaban J connectivity index is 1.25. The second-order valence-corrected chi connectivity index (χ2v) is 10.5. The fourth-order valence-electron chi connectivity index (χ4n) is 4.40. The maximum Gasteiger partial charge on any atom is 0.271 e. The van der Waals surface area contributed by atoms with Crippen molar-refractivity contribution in [3.8, 4) is 28.4 Å². The average molecular weight is 629 g/mol. The minimum atomic E-state index is -0.311. The third kappa shape index (κ3) is 6.70. The lowest BCUT2D eigenvalue weighted by molar-refractivity contribution is 0.0955. The van der Waals surface area contributed by atoms with E-state index in [1.807, 2.05) is 60.7 Å². The molecule has 0 unspecified atom stereocenters. The lowest BCUT2D eigenvalue weighted by atomic mass is 10.1. The highest BCUT2D eigenvalue weighted by atomic mass is 79.9. The predicted molar refractivity (Wildman–Crippen MR) is 167 cm³/mol. The summed E-state index contributed by atoms with van der Waals surface area (Å²) in [5.74, 6) is 0.790. The van der Waals surface area contributed by atoms with Crippen LogP contribution in [0.25, 0.3) is 16.9 Å². The first-order chi connectivity index (χ1) is 19.9. The van der Waals surface area contributed by atoms with Gasteiger partial charge in [-0.2, -0.15) is 5.10 Å². The lowest BCUT2D eigenvalue weighted by Gasteiger charge is -2.13. The first-order valence-corrected chi connectivity index (χ1v) is 14.0. The number of carbonyl (C=O) groups excluding carboxylic acids is 1. The molecule has 0 aliphatic carbocycles. The average Bonchev–Trinajstić information content (AvgIpc) is 3.38. The van der Waals surface area contributed by atoms with Crippen molar-refractivity contribution in [1.29, 1.82) is 0 Å². The summed E-state index contributed by atoms with van der Waals surface area (Å²) in [5.41, 5.74) is 9.09. The zero-order valence-electron chi connectivity index (χ0n) is 22.5. The van der Waals surface area contributed by atoms with Crippen molar-refractivity contribution >= 4 is 39.7 Å². The molecule has 0 saturated heterocycles. The summed E-state index contributed by atoms with van der Waals surface area (Å²) >= 11 is 9.51. The Morgan fingerprint density at radius 2 is 1.71 bits per heavy atom. The normalized spacial score (nSPS) is 11.0. The Labute approximate surface area is 252 Å². The van der Waals surface area contributed by atoms with Gasteiger partial charge in [0.15, 0.2) is 11.5 Å². The van der Waals surface area contributed by atoms with Gasteiger partial charge in [0, 0.05) is 22.0 Å². The molecular weight excluding hydrogens is 602 g/mol. The van der Waals surface area contributed by atoms with Gasteiger partial charge in [-0.05, 0) is 100 Å². The number of amides is 1. The lowest BCUT2D eigenvalue weighted by Crippen LogP contribution is -2.17. The van der Waals surface area contributed by atoms with Crippen molar-refractivity contribution in [2.24, 2.45) is 5.10 Å². The van der Waals surface area contributed by atoms with E-state index in [0.717, 1.165) is 33.8 Å². The number of nitrogens with zero attached hydrogens (tertiary/aromatic N) is 2. The van der Waals surface area contributed by atoms with E-state index in [9.17, 15) is 4.79 Å². The summed E-state index contributed by atoms with van der Waals surface area (Å²) in [6.45, 7) is 2.42. The third-order valence-electron chi connectivity index (χ3n) is 6.46. The Morgan fingerprint density at radius 1 is 0.976 bits per heavy atom. The molecule has 5 aromatic rings. The largest absolute Gasteiger partial charge is 0.493 e. The third-order valence-corrected chi connectivity index (χ3v) is 7.30. The number of rotatable bonds is 9. The molecule has 206 valence electrons. The summed E-state index contributed by atoms with van der Waals surface area (Å²) in [6.07, 6.45) is 1.55. The fourth-order valence-corrected chi connectivity index (χ4v) is 5.10. The second-order valence-electron chi connectivity index (χ2n) is 9.26. The predicted octanol–water partition coefficient (Wildman–Crippen LogP) is 8.22. The van der Waals surface area contributed by atoms with Crippen LogP contribution in [0.4, 0.5) is 0 Å². The van der Waals surface area contributed by atoms with Crippen LogP contribution in [-0.2, 0) is 6.61 Å². The van der Waals surface area contributed by atoms with Gasteiger partial charge in [0.2, 0.25) is 0 Å². The number of hydrogen-bond donors (Lipinski definition) is 1. The molecule has 0 spiro atoms. The topological polar surface area (TPSA) is 64.8 Å². The molecule has 0 radical (unpaired) electrons. The Hall–Kier alpha value is -4.33. The molecule has 1 amide bonds. The fraction of sp³-hybridized carbons (Fsp3) is 0.0909. The van der Waals surface area contributed by atoms with Gasteiger partial charge in [0.25, 0.3) is 5.91 Å². The van der Waals surface area contributed by atoms with E-state index in [0.29, 0.717) is 33.2 Å². The van der Waals surface area contributed by atoms with E-state index in [2.05, 4.69) is 62.2 Å². The molecule has 0 saturated carbocycles. The molecule has 8 heteroatoms. The van der Waals surface area contributed by atoms with Crippen LogP contribution >= 0.6 is 27.5 Å². The molecule has 0 aliphatic heterocycles. The number of carbonyl (C=O) groups is 1. The molecular formula is C33H27BrClN3O3. The number of methoxy groups -OCH3 is 1. The number of benzene rings is 4. The summed E-state index contributed by atoms with van der Waals surface area (Å²) < 4.78 is 14.4. The van der Waals surface area contributed by atoms with E-state index in [4.69, 9.17) is 21.1 Å². The number of hydrazone groups is 1. The van der Waals surface area contributed by atoms with Crippen LogP contribution in [0.1, 0.15) is 27.2 Å². The van der Waals surface area contributed by atoms with E-state index in [-0.39, 0.29) is 5.91 Å². The number of ether oxygens (including phenoxy) is 2. The number of aromatic nitrogens is 1. The molecule has 6 nitrogen and oxygen atoms in total. The summed E-state index contributed by atoms with van der Waals surface area (Å²) in [6, 6.07) is 32.9. The maximum atomic E-state index is 12.8. The molecule has 0 atom stereocenters. The summed E-state index contributed by atoms with van der Waals surface area (Å²) in [7, 11) is 1.57. The van der Waals surface area contributed by atoms with E-state index >= 15 is 0 Å². The molecule has 1 heterocycles. The first-order valence-electron chi connectivity index (χ1n) is 12.9. The molecule has 41 heavy (non-hydrogen) atoms. The molecule has 0 aliphatic rings. The maximum absolute atomic E-state index is 12.8. The van der Waals surface area contributed by atoms with Gasteiger partial charge >= 0.3 is 0 Å². The minimum Gasteiger partial charge on any atom is -0.493 e. The van der Waals surface area contributed by atoms with Crippen molar-refractivity contribution in [2.45, 2.75) is 13.5 Å². The van der Waals surface area contributed by atoms with Crippen molar-refractivity contribution < 1.29 is 14.3 Å². The van der Waals surface area contributed by atoms with Crippen molar-refractivity contribution in [3.05, 3.63) is 135 Å². The van der Waals surface area contributed by atoms with Gasteiger partial charge in [0.1, 0.15) is 6.61 Å². The zero-order valence-corrected chi connectivity index (χ0v) is 24.8. The van der Waals surface area contributed by atoms with E-state index in [1.54, 1.807) is 31.5 Å². The number of nitrogens with one attached hydrogen (secondary N) is 1. The number of halogens is 2. The highest BCUT2D eigenvalue weighted by molar-refractivity contribution is 9.10. The van der Waals surface area contributed by atoms with Gasteiger partial charge in [-0.25, -0.2) is 5.43 Å². The van der Waals surface area contributed by atoms with Crippen LogP contribution in [-0.4, -0.2) is 23.8 Å². The van der Waals surface area contributed by atoms with Crippen molar-refractivity contribution in [1.82, 2.24) is 9.99 Å². The van der Waals surface area contributed by atoms with Gasteiger partial charge in [0.05, 0.1) is 23.5 Å². The van der Waals surface area contributed by atoms with Crippen LogP contribution in [0, 0.1) is 6.92 Å². The molecule has 0 bridgehead atoms. The standard InChI is InChI=1S/C33H27BrClN3O3/c1-22-8-17-30(25-6-4-3-5-7-25)38(22)28-15-11-26(12-16-28)33(39)37-36-20-24-18-29(34)32(31(19-24)40-2)41-21-23-9-13-27(35)14-10-23/h3-20H,21H2,1-2H3,(H,37,39)/b36-20+. The SMILES string of the molecule is COc1cc(/C=N/NC(=O)c2ccc(-n3c(C)ccc3-c3ccccc3)cc2)cc(Br)c1OCc1ccc(Cl)cc1. The minimum absolute atomic E-state index is 0.311. The zero-order chi connectivity index (χ0) is 28.8. The van der Waals surface area contributed by atoms with E-state index in [1.165, 1.54) is 0 Å². The highest BCUT2D eigenvalue weighted by Crippen LogP contribution is 2.37. The van der Waals surface area contributed by atoms with Crippen LogP contribution in [0.15, 0.2) is 113 Å². The molecule has 4 aromatic carbocycles. The highest BCUT2D eigenvalue weighted by Gasteiger charge is 2.13. The first kappa shape index (κ1) is 28.2. The summed E-state index contributed by atoms with van der Waals surface area (Å²) in [5, 5.41) is 4.82. The van der Waals surface area contributed by atoms with Gasteiger partial charge in [-0.3, -0.25) is 4.79 Å².